The van der Waals surface area contributed by atoms with E-state index < -0.39 is 10.0 Å². The summed E-state index contributed by atoms with van der Waals surface area (Å²) < 4.78 is 32.5. The molecule has 0 aromatic carbocycles. The Kier molecular flexibility index (Phi) is 6.03. The smallest absolute Gasteiger partial charge is 0.252 e. The molecular weight excluding hydrogens is 398 g/mol. The maximum Gasteiger partial charge on any atom is 0.252 e. The van der Waals surface area contributed by atoms with Gasteiger partial charge in [0.15, 0.2) is 0 Å². The van der Waals surface area contributed by atoms with Gasteiger partial charge in [0.25, 0.3) is 10.0 Å². The van der Waals surface area contributed by atoms with Crippen molar-refractivity contribution in [2.45, 2.75) is 10.8 Å². The number of thiophene rings is 1. The Bertz CT molecular complexity index is 843. The molecule has 1 fully saturated rings. The maximum absolute atomic E-state index is 12.6. The number of likely N-dealkylation sites (N-methyl/N-ethyl adjacent to an activating group) is 1. The van der Waals surface area contributed by atoms with Crippen LogP contribution in [-0.4, -0.2) is 68.2 Å². The number of piperazine rings is 1. The average Bonchev–Trinajstić information content (AvgIpc) is 3.26. The van der Waals surface area contributed by atoms with Gasteiger partial charge in [0.05, 0.1) is 23.7 Å². The van der Waals surface area contributed by atoms with Crippen LogP contribution in [0.5, 0.6) is 0 Å². The standard InChI is InChI=1S/C16H20ClN3O4S2/c1-18(11-13-3-2-10-24-13)12-15(21)19-6-8-20(9-7-19)26(22,23)16-5-4-14(17)25-16/h2-5,10H,6-9,11-12H2,1H3. The SMILES string of the molecule is CN(CC(=O)N1CCN(S(=O)(=O)c2ccc(Cl)s2)CC1)Cc1ccco1. The first kappa shape index (κ1) is 19.4. The lowest BCUT2D eigenvalue weighted by atomic mass is 10.3. The van der Waals surface area contributed by atoms with Crippen molar-refractivity contribution < 1.29 is 17.6 Å². The van der Waals surface area contributed by atoms with Crippen molar-refractivity contribution >= 4 is 38.9 Å². The summed E-state index contributed by atoms with van der Waals surface area (Å²) in [7, 11) is -1.69. The molecule has 0 unspecified atom stereocenters. The molecule has 0 aliphatic carbocycles. The average molecular weight is 418 g/mol. The number of sulfonamides is 1. The first-order valence-electron chi connectivity index (χ1n) is 8.10. The minimum absolute atomic E-state index is 0.0183. The molecule has 0 saturated carbocycles. The van der Waals surface area contributed by atoms with E-state index in [1.54, 1.807) is 17.2 Å². The van der Waals surface area contributed by atoms with E-state index in [0.29, 0.717) is 24.0 Å². The summed E-state index contributed by atoms with van der Waals surface area (Å²) in [5.74, 6) is 0.779. The van der Waals surface area contributed by atoms with E-state index in [4.69, 9.17) is 16.0 Å². The normalized spacial score (nSPS) is 16.3. The molecule has 1 aliphatic heterocycles. The molecule has 3 heterocycles. The Morgan fingerprint density at radius 1 is 1.27 bits per heavy atom. The predicted molar refractivity (Wildman–Crippen MR) is 99.7 cm³/mol. The summed E-state index contributed by atoms with van der Waals surface area (Å²) in [5, 5.41) is 0. The number of halogens is 1. The highest BCUT2D eigenvalue weighted by Gasteiger charge is 2.31. The van der Waals surface area contributed by atoms with E-state index in [-0.39, 0.29) is 29.8 Å². The highest BCUT2D eigenvalue weighted by Crippen LogP contribution is 2.28. The highest BCUT2D eigenvalue weighted by molar-refractivity contribution is 7.91. The molecule has 7 nitrogen and oxygen atoms in total. The fourth-order valence-corrected chi connectivity index (χ4v) is 5.86. The molecule has 1 saturated heterocycles. The molecule has 26 heavy (non-hydrogen) atoms. The molecular formula is C16H20ClN3O4S2. The molecule has 0 bridgehead atoms. The molecule has 2 aromatic heterocycles. The maximum atomic E-state index is 12.6. The minimum Gasteiger partial charge on any atom is -0.468 e. The summed E-state index contributed by atoms with van der Waals surface area (Å²) in [5.41, 5.74) is 0. The van der Waals surface area contributed by atoms with Crippen LogP contribution in [0.25, 0.3) is 0 Å². The first-order chi connectivity index (χ1) is 12.4. The number of rotatable bonds is 6. The second kappa shape index (κ2) is 8.10. The molecule has 1 amide bonds. The van der Waals surface area contributed by atoms with Crippen LogP contribution in [0.15, 0.2) is 39.2 Å². The molecule has 1 aliphatic rings. The second-order valence-corrected chi connectivity index (χ2v) is 9.97. The van der Waals surface area contributed by atoms with E-state index in [0.717, 1.165) is 17.1 Å². The first-order valence-corrected chi connectivity index (χ1v) is 10.7. The van der Waals surface area contributed by atoms with E-state index in [1.807, 2.05) is 24.1 Å². The predicted octanol–water partition coefficient (Wildman–Crippen LogP) is 1.96. The number of amides is 1. The van der Waals surface area contributed by atoms with Crippen LogP contribution < -0.4 is 0 Å². The number of hydrogen-bond acceptors (Lipinski definition) is 6. The summed E-state index contributed by atoms with van der Waals surface area (Å²) in [6.45, 7) is 2.13. The third kappa shape index (κ3) is 4.47. The molecule has 0 spiro atoms. The summed E-state index contributed by atoms with van der Waals surface area (Å²) in [6.07, 6.45) is 1.60. The lowest BCUT2D eigenvalue weighted by Crippen LogP contribution is -2.52. The molecule has 0 atom stereocenters. The van der Waals surface area contributed by atoms with Gasteiger partial charge in [-0.1, -0.05) is 11.6 Å². The van der Waals surface area contributed by atoms with Crippen LogP contribution in [0, 0.1) is 0 Å². The van der Waals surface area contributed by atoms with Crippen LogP contribution >= 0.6 is 22.9 Å². The van der Waals surface area contributed by atoms with Crippen LogP contribution in [0.4, 0.5) is 0 Å². The van der Waals surface area contributed by atoms with Crippen molar-refractivity contribution in [2.75, 3.05) is 39.8 Å². The van der Waals surface area contributed by atoms with Gasteiger partial charge in [0.2, 0.25) is 5.91 Å². The Morgan fingerprint density at radius 2 is 2.00 bits per heavy atom. The zero-order valence-electron chi connectivity index (χ0n) is 14.3. The van der Waals surface area contributed by atoms with Crippen molar-refractivity contribution in [3.8, 4) is 0 Å². The Labute approximate surface area is 161 Å². The summed E-state index contributed by atoms with van der Waals surface area (Å²) in [4.78, 5) is 16.0. The van der Waals surface area contributed by atoms with Crippen LogP contribution in [0.3, 0.4) is 0 Å². The largest absolute Gasteiger partial charge is 0.468 e. The van der Waals surface area contributed by atoms with Crippen LogP contribution in [-0.2, 0) is 21.4 Å². The van der Waals surface area contributed by atoms with Gasteiger partial charge in [-0.05, 0) is 31.3 Å². The number of carbonyl (C=O) groups is 1. The quantitative estimate of drug-likeness (QED) is 0.718. The molecule has 0 N–H and O–H groups in total. The monoisotopic (exact) mass is 417 g/mol. The fourth-order valence-electron chi connectivity index (χ4n) is 2.80. The van der Waals surface area contributed by atoms with Gasteiger partial charge in [-0.15, -0.1) is 11.3 Å². The third-order valence-electron chi connectivity index (χ3n) is 4.15. The molecule has 0 radical (unpaired) electrons. The van der Waals surface area contributed by atoms with Gasteiger partial charge in [0.1, 0.15) is 9.97 Å². The van der Waals surface area contributed by atoms with Gasteiger partial charge >= 0.3 is 0 Å². The number of hydrogen-bond donors (Lipinski definition) is 0. The van der Waals surface area contributed by atoms with E-state index in [2.05, 4.69) is 0 Å². The lowest BCUT2D eigenvalue weighted by molar-refractivity contribution is -0.133. The van der Waals surface area contributed by atoms with E-state index in [9.17, 15) is 13.2 Å². The highest BCUT2D eigenvalue weighted by atomic mass is 35.5. The number of carbonyl (C=O) groups excluding carboxylic acids is 1. The van der Waals surface area contributed by atoms with E-state index >= 15 is 0 Å². The number of nitrogens with zero attached hydrogens (tertiary/aromatic N) is 3. The van der Waals surface area contributed by atoms with Crippen LogP contribution in [0.1, 0.15) is 5.76 Å². The Hall–Kier alpha value is -1.39. The van der Waals surface area contributed by atoms with Gasteiger partial charge < -0.3 is 9.32 Å². The van der Waals surface area contributed by atoms with Gasteiger partial charge in [-0.2, -0.15) is 4.31 Å². The lowest BCUT2D eigenvalue weighted by Gasteiger charge is -2.34. The van der Waals surface area contributed by atoms with E-state index in [1.165, 1.54) is 10.4 Å². The minimum atomic E-state index is -3.54. The summed E-state index contributed by atoms with van der Waals surface area (Å²) in [6, 6.07) is 6.77. The van der Waals surface area contributed by atoms with Crippen molar-refractivity contribution in [3.05, 3.63) is 40.6 Å². The zero-order valence-corrected chi connectivity index (χ0v) is 16.7. The molecule has 3 rings (SSSR count). The molecule has 10 heteroatoms. The van der Waals surface area contributed by atoms with Gasteiger partial charge in [-0.25, -0.2) is 8.42 Å². The van der Waals surface area contributed by atoms with Crippen molar-refractivity contribution in [2.24, 2.45) is 0 Å². The molecule has 2 aromatic rings. The van der Waals surface area contributed by atoms with Crippen molar-refractivity contribution in [1.82, 2.24) is 14.1 Å². The van der Waals surface area contributed by atoms with Gasteiger partial charge in [0, 0.05) is 26.2 Å². The van der Waals surface area contributed by atoms with Gasteiger partial charge in [-0.3, -0.25) is 9.69 Å². The summed E-state index contributed by atoms with van der Waals surface area (Å²) >= 11 is 6.89. The Balaban J connectivity index is 1.52. The molecule has 142 valence electrons. The topological polar surface area (TPSA) is 74.1 Å². The van der Waals surface area contributed by atoms with Crippen LogP contribution in [0.2, 0.25) is 4.34 Å². The van der Waals surface area contributed by atoms with Crippen molar-refractivity contribution in [1.29, 1.82) is 0 Å². The number of furan rings is 1. The second-order valence-electron chi connectivity index (χ2n) is 6.10. The zero-order chi connectivity index (χ0) is 18.7. The third-order valence-corrected chi connectivity index (χ3v) is 7.74. The fraction of sp³-hybridized carbons (Fsp3) is 0.438. The van der Waals surface area contributed by atoms with Crippen molar-refractivity contribution in [3.63, 3.8) is 0 Å². The Morgan fingerprint density at radius 3 is 2.58 bits per heavy atom.